The average Bonchev–Trinajstić information content (AvgIpc) is 2.97. The molecule has 1 saturated heterocycles. The van der Waals surface area contributed by atoms with Crippen LogP contribution < -0.4 is 9.64 Å². The molecule has 0 radical (unpaired) electrons. The molecule has 3 aliphatic rings. The molecular formula is C17H20BrN3O. The second-order valence-electron chi connectivity index (χ2n) is 6.41. The molecule has 1 aromatic heterocycles. The molecule has 0 aliphatic carbocycles. The predicted molar refractivity (Wildman–Crippen MR) is 91.7 cm³/mol. The zero-order chi connectivity index (χ0) is 15.3. The van der Waals surface area contributed by atoms with E-state index in [1.54, 1.807) is 0 Å². The van der Waals surface area contributed by atoms with E-state index in [2.05, 4.69) is 43.2 Å². The molecule has 3 aliphatic heterocycles. The second-order valence-corrected chi connectivity index (χ2v) is 7.26. The topological polar surface area (TPSA) is 41.1 Å². The normalized spacial score (nSPS) is 17.2. The number of hydrogen-bond donors (Lipinski definition) is 1. The molecule has 0 amide bonds. The van der Waals surface area contributed by atoms with E-state index >= 15 is 0 Å². The highest BCUT2D eigenvalue weighted by Gasteiger charge is 2.35. The third-order valence-electron chi connectivity index (χ3n) is 4.56. The number of benzene rings is 1. The van der Waals surface area contributed by atoms with E-state index in [1.165, 1.54) is 24.2 Å². The van der Waals surface area contributed by atoms with Crippen LogP contribution in [0.25, 0.3) is 11.3 Å². The molecule has 2 aromatic rings. The SMILES string of the molecule is CC(C)Oc1ccc(-c2n[nH]c3c2N2CCC3CC2)cc1Br. The highest BCUT2D eigenvalue weighted by molar-refractivity contribution is 9.10. The Hall–Kier alpha value is -1.49. The van der Waals surface area contributed by atoms with Gasteiger partial charge in [0.05, 0.1) is 22.0 Å². The lowest BCUT2D eigenvalue weighted by Gasteiger charge is -2.40. The molecule has 0 atom stereocenters. The zero-order valence-electron chi connectivity index (χ0n) is 12.9. The molecule has 0 saturated carbocycles. The summed E-state index contributed by atoms with van der Waals surface area (Å²) in [5, 5.41) is 7.90. The molecule has 116 valence electrons. The Morgan fingerprint density at radius 2 is 2.09 bits per heavy atom. The third kappa shape index (κ3) is 2.22. The van der Waals surface area contributed by atoms with E-state index in [0.29, 0.717) is 5.92 Å². The molecule has 1 N–H and O–H groups in total. The van der Waals surface area contributed by atoms with Gasteiger partial charge < -0.3 is 9.64 Å². The first kappa shape index (κ1) is 14.1. The van der Waals surface area contributed by atoms with Gasteiger partial charge in [-0.2, -0.15) is 5.10 Å². The lowest BCUT2D eigenvalue weighted by molar-refractivity contribution is 0.241. The number of hydrogen-bond acceptors (Lipinski definition) is 3. The maximum absolute atomic E-state index is 5.79. The smallest absolute Gasteiger partial charge is 0.133 e. The summed E-state index contributed by atoms with van der Waals surface area (Å²) in [5.41, 5.74) is 4.84. The quantitative estimate of drug-likeness (QED) is 0.884. The molecule has 22 heavy (non-hydrogen) atoms. The van der Waals surface area contributed by atoms with E-state index in [1.807, 2.05) is 19.9 Å². The van der Waals surface area contributed by atoms with E-state index < -0.39 is 0 Å². The fraction of sp³-hybridized carbons (Fsp3) is 0.471. The number of aromatic amines is 1. The van der Waals surface area contributed by atoms with Crippen molar-refractivity contribution in [3.63, 3.8) is 0 Å². The molecule has 5 heteroatoms. The summed E-state index contributed by atoms with van der Waals surface area (Å²) >= 11 is 3.62. The van der Waals surface area contributed by atoms with Crippen LogP contribution in [0.3, 0.4) is 0 Å². The Bertz CT molecular complexity index is 702. The van der Waals surface area contributed by atoms with Gasteiger partial charge in [0.25, 0.3) is 0 Å². The number of piperidine rings is 1. The molecule has 1 aromatic carbocycles. The van der Waals surface area contributed by atoms with Crippen LogP contribution in [0.15, 0.2) is 22.7 Å². The van der Waals surface area contributed by atoms with Crippen molar-refractivity contribution in [1.82, 2.24) is 10.2 Å². The van der Waals surface area contributed by atoms with E-state index in [0.717, 1.165) is 34.6 Å². The van der Waals surface area contributed by atoms with Crippen LogP contribution >= 0.6 is 15.9 Å². The Kier molecular flexibility index (Phi) is 3.40. The summed E-state index contributed by atoms with van der Waals surface area (Å²) in [4.78, 5) is 2.47. The van der Waals surface area contributed by atoms with E-state index in [9.17, 15) is 0 Å². The number of rotatable bonds is 3. The molecule has 4 nitrogen and oxygen atoms in total. The Labute approximate surface area is 139 Å². The van der Waals surface area contributed by atoms with Crippen molar-refractivity contribution in [3.05, 3.63) is 28.4 Å². The Morgan fingerprint density at radius 1 is 1.32 bits per heavy atom. The van der Waals surface area contributed by atoms with Crippen LogP contribution in [0.2, 0.25) is 0 Å². The lowest BCUT2D eigenvalue weighted by Crippen LogP contribution is -2.38. The maximum atomic E-state index is 5.79. The number of anilines is 1. The van der Waals surface area contributed by atoms with Crippen LogP contribution in [0.5, 0.6) is 5.75 Å². The standard InChI is InChI=1S/C17H20BrN3O/c1-10(2)22-14-4-3-12(9-13(14)18)16-17-15(19-20-16)11-5-7-21(17)8-6-11/h3-4,9-11H,5-8H2,1-2H3,(H,19,20). The van der Waals surface area contributed by atoms with Gasteiger partial charge in [-0.3, -0.25) is 5.10 Å². The minimum atomic E-state index is 0.169. The van der Waals surface area contributed by atoms with Gasteiger partial charge in [-0.15, -0.1) is 0 Å². The van der Waals surface area contributed by atoms with Crippen LogP contribution in [0, 0.1) is 0 Å². The number of ether oxygens (including phenoxy) is 1. The maximum Gasteiger partial charge on any atom is 0.133 e. The monoisotopic (exact) mass is 361 g/mol. The van der Waals surface area contributed by atoms with Gasteiger partial charge in [0.15, 0.2) is 0 Å². The molecule has 5 rings (SSSR count). The van der Waals surface area contributed by atoms with Crippen molar-refractivity contribution in [3.8, 4) is 17.0 Å². The van der Waals surface area contributed by atoms with Crippen molar-refractivity contribution in [1.29, 1.82) is 0 Å². The molecule has 4 heterocycles. The summed E-state index contributed by atoms with van der Waals surface area (Å²) in [6.45, 7) is 6.38. The van der Waals surface area contributed by atoms with Gasteiger partial charge in [-0.1, -0.05) is 0 Å². The van der Waals surface area contributed by atoms with Crippen molar-refractivity contribution >= 4 is 21.6 Å². The number of nitrogens with zero attached hydrogens (tertiary/aromatic N) is 2. The van der Waals surface area contributed by atoms with Crippen LogP contribution in [0.4, 0.5) is 5.69 Å². The summed E-state index contributed by atoms with van der Waals surface area (Å²) in [5.74, 6) is 1.54. The summed E-state index contributed by atoms with van der Waals surface area (Å²) in [6.07, 6.45) is 2.67. The first-order valence-corrected chi connectivity index (χ1v) is 8.72. The molecule has 0 spiro atoms. The predicted octanol–water partition coefficient (Wildman–Crippen LogP) is 4.32. The molecule has 1 fully saturated rings. The van der Waals surface area contributed by atoms with Crippen LogP contribution in [0.1, 0.15) is 38.3 Å². The van der Waals surface area contributed by atoms with Gasteiger partial charge in [0, 0.05) is 24.6 Å². The fourth-order valence-electron chi connectivity index (χ4n) is 3.55. The Balaban J connectivity index is 1.73. The highest BCUT2D eigenvalue weighted by Crippen LogP contribution is 2.46. The van der Waals surface area contributed by atoms with Crippen molar-refractivity contribution in [2.24, 2.45) is 0 Å². The third-order valence-corrected chi connectivity index (χ3v) is 5.17. The van der Waals surface area contributed by atoms with Gasteiger partial charge >= 0.3 is 0 Å². The van der Waals surface area contributed by atoms with Crippen molar-refractivity contribution < 1.29 is 4.74 Å². The number of aromatic nitrogens is 2. The van der Waals surface area contributed by atoms with Gasteiger partial charge in [0.2, 0.25) is 0 Å². The lowest BCUT2D eigenvalue weighted by atomic mass is 9.86. The number of fused-ring (bicyclic) bond motifs is 2. The zero-order valence-corrected chi connectivity index (χ0v) is 14.5. The number of nitrogens with one attached hydrogen (secondary N) is 1. The van der Waals surface area contributed by atoms with Gasteiger partial charge in [0.1, 0.15) is 11.4 Å². The minimum absolute atomic E-state index is 0.169. The minimum Gasteiger partial charge on any atom is -0.490 e. The van der Waals surface area contributed by atoms with Gasteiger partial charge in [-0.05, 0) is 60.8 Å². The van der Waals surface area contributed by atoms with E-state index in [-0.39, 0.29) is 6.10 Å². The summed E-state index contributed by atoms with van der Waals surface area (Å²) in [7, 11) is 0. The van der Waals surface area contributed by atoms with Crippen LogP contribution in [-0.2, 0) is 0 Å². The molecule has 0 unspecified atom stereocenters. The largest absolute Gasteiger partial charge is 0.490 e. The van der Waals surface area contributed by atoms with Crippen molar-refractivity contribution in [2.75, 3.05) is 18.0 Å². The Morgan fingerprint density at radius 3 is 2.77 bits per heavy atom. The number of halogens is 1. The first-order chi connectivity index (χ1) is 10.6. The molecular weight excluding hydrogens is 342 g/mol. The second kappa shape index (κ2) is 5.30. The van der Waals surface area contributed by atoms with Crippen molar-refractivity contribution in [2.45, 2.75) is 38.7 Å². The fourth-order valence-corrected chi connectivity index (χ4v) is 4.02. The summed E-state index contributed by atoms with van der Waals surface area (Å²) in [6, 6.07) is 6.23. The van der Waals surface area contributed by atoms with E-state index in [4.69, 9.17) is 4.74 Å². The molecule has 2 bridgehead atoms. The average molecular weight is 362 g/mol. The van der Waals surface area contributed by atoms with Crippen LogP contribution in [-0.4, -0.2) is 29.4 Å². The number of H-pyrrole nitrogens is 1. The first-order valence-electron chi connectivity index (χ1n) is 7.93. The van der Waals surface area contributed by atoms with Gasteiger partial charge in [-0.25, -0.2) is 0 Å². The highest BCUT2D eigenvalue weighted by atomic mass is 79.9. The summed E-state index contributed by atoms with van der Waals surface area (Å²) < 4.78 is 6.77.